The van der Waals surface area contributed by atoms with Crippen LogP contribution in [-0.2, 0) is 10.1 Å². The third-order valence-electron chi connectivity index (χ3n) is 1.60. The van der Waals surface area contributed by atoms with Crippen molar-refractivity contribution in [3.8, 4) is 0 Å². The van der Waals surface area contributed by atoms with Gasteiger partial charge in [0.2, 0.25) is 0 Å². The Morgan fingerprint density at radius 3 is 2.57 bits per heavy atom. The maximum Gasteiger partial charge on any atom is 0.155 e. The fourth-order valence-electron chi connectivity index (χ4n) is 1.02. The third-order valence-corrected chi connectivity index (χ3v) is 2.77. The Labute approximate surface area is 83.2 Å². The molecule has 1 heterocycles. The van der Waals surface area contributed by atoms with Gasteiger partial charge < -0.3 is 4.55 Å². The highest BCUT2D eigenvalue weighted by Gasteiger charge is 2.14. The number of hydrogen-bond acceptors (Lipinski definition) is 6. The van der Waals surface area contributed by atoms with Crippen LogP contribution in [0.25, 0.3) is 11.0 Å². The van der Waals surface area contributed by atoms with E-state index in [2.05, 4.69) is 14.9 Å². The van der Waals surface area contributed by atoms with E-state index in [4.69, 9.17) is 11.6 Å². The molecule has 0 saturated heterocycles. The summed E-state index contributed by atoms with van der Waals surface area (Å²) in [6.07, 6.45) is 0. The molecule has 0 unspecified atom stereocenters. The molecule has 0 aliphatic heterocycles. The molecule has 8 heteroatoms. The summed E-state index contributed by atoms with van der Waals surface area (Å²) in [7, 11) is -4.59. The van der Waals surface area contributed by atoms with Crippen molar-refractivity contribution in [2.45, 2.75) is 4.90 Å². The number of halogens is 1. The summed E-state index contributed by atoms with van der Waals surface area (Å²) in [4.78, 5) is -0.488. The molecule has 0 amide bonds. The minimum atomic E-state index is -4.59. The molecule has 2 rings (SSSR count). The fraction of sp³-hybridized carbons (Fsp3) is 0. The summed E-state index contributed by atoms with van der Waals surface area (Å²) in [5.41, 5.74) is -0.0870. The lowest BCUT2D eigenvalue weighted by Crippen LogP contribution is -1.99. The van der Waals surface area contributed by atoms with Crippen molar-refractivity contribution in [2.24, 2.45) is 0 Å². The zero-order chi connectivity index (χ0) is 10.3. The Morgan fingerprint density at radius 1 is 1.29 bits per heavy atom. The molecule has 0 aliphatic rings. The van der Waals surface area contributed by atoms with E-state index in [1.807, 2.05) is 0 Å². The largest absolute Gasteiger partial charge is 0.744 e. The van der Waals surface area contributed by atoms with E-state index in [1.54, 1.807) is 0 Å². The van der Waals surface area contributed by atoms with Crippen LogP contribution in [-0.4, -0.2) is 23.3 Å². The van der Waals surface area contributed by atoms with E-state index in [9.17, 15) is 13.0 Å². The molecule has 0 fully saturated rings. The maximum atomic E-state index is 10.7. The zero-order valence-electron chi connectivity index (χ0n) is 6.47. The number of nitrogens with zero attached hydrogens (tertiary/aromatic N) is 2. The Bertz CT molecular complexity index is 591. The van der Waals surface area contributed by atoms with Gasteiger partial charge in [0.1, 0.15) is 10.1 Å². The number of aromatic nitrogens is 2. The summed E-state index contributed by atoms with van der Waals surface area (Å²) in [6, 6.07) is 2.32. The summed E-state index contributed by atoms with van der Waals surface area (Å²) in [5, 5.41) is 6.84. The Hall–Kier alpha value is -1.18. The molecule has 6 nitrogen and oxygen atoms in total. The molecule has 0 bridgehead atoms. The standard InChI is InChI=1S/C6H3ClN2O4S/c7-3-1-2-4(14(10,11)12)6-5(3)8-13-9-6/h1-2H,(H,10,11,12)/p-1. The van der Waals surface area contributed by atoms with Gasteiger partial charge in [0.25, 0.3) is 0 Å². The second kappa shape index (κ2) is 2.91. The van der Waals surface area contributed by atoms with Gasteiger partial charge in [-0.05, 0) is 22.4 Å². The molecule has 1 aromatic heterocycles. The average molecular weight is 234 g/mol. The second-order valence-corrected chi connectivity index (χ2v) is 4.22. The first-order chi connectivity index (χ1) is 6.50. The molecule has 0 N–H and O–H groups in total. The third kappa shape index (κ3) is 1.35. The summed E-state index contributed by atoms with van der Waals surface area (Å²) in [6.45, 7) is 0. The highest BCUT2D eigenvalue weighted by Crippen LogP contribution is 2.25. The van der Waals surface area contributed by atoms with Crippen molar-refractivity contribution in [1.29, 1.82) is 0 Å². The smallest absolute Gasteiger partial charge is 0.155 e. The van der Waals surface area contributed by atoms with Crippen molar-refractivity contribution in [1.82, 2.24) is 10.3 Å². The van der Waals surface area contributed by atoms with Crippen LogP contribution in [0.15, 0.2) is 21.7 Å². The van der Waals surface area contributed by atoms with E-state index in [1.165, 1.54) is 6.07 Å². The molecule has 0 spiro atoms. The van der Waals surface area contributed by atoms with Crippen LogP contribution < -0.4 is 0 Å². The Morgan fingerprint density at radius 2 is 1.93 bits per heavy atom. The predicted octanol–water partition coefficient (Wildman–Crippen LogP) is 0.780. The predicted molar refractivity (Wildman–Crippen MR) is 44.8 cm³/mol. The average Bonchev–Trinajstić information content (AvgIpc) is 2.50. The lowest BCUT2D eigenvalue weighted by molar-refractivity contribution is 0.315. The van der Waals surface area contributed by atoms with E-state index in [0.29, 0.717) is 0 Å². The molecule has 74 valence electrons. The van der Waals surface area contributed by atoms with Gasteiger partial charge in [0, 0.05) is 0 Å². The van der Waals surface area contributed by atoms with Crippen LogP contribution in [0.1, 0.15) is 0 Å². The van der Waals surface area contributed by atoms with Gasteiger partial charge >= 0.3 is 0 Å². The summed E-state index contributed by atoms with van der Waals surface area (Å²) in [5.74, 6) is 0. The van der Waals surface area contributed by atoms with Gasteiger partial charge in [-0.2, -0.15) is 0 Å². The van der Waals surface area contributed by atoms with Crippen molar-refractivity contribution >= 4 is 32.8 Å². The fourth-order valence-corrected chi connectivity index (χ4v) is 1.81. The number of benzene rings is 1. The minimum Gasteiger partial charge on any atom is -0.744 e. The number of hydrogen-bond donors (Lipinski definition) is 0. The quantitative estimate of drug-likeness (QED) is 0.676. The second-order valence-electron chi connectivity index (χ2n) is 2.46. The SMILES string of the molecule is O=S(=O)([O-])c1ccc(Cl)c2nonc12. The molecule has 2 aromatic rings. The first kappa shape index (κ1) is 9.38. The first-order valence-corrected chi connectivity index (χ1v) is 5.15. The lowest BCUT2D eigenvalue weighted by atomic mass is 10.3. The molecular formula is C6H2ClN2O4S-. The van der Waals surface area contributed by atoms with Crippen molar-refractivity contribution in [2.75, 3.05) is 0 Å². The van der Waals surface area contributed by atoms with Crippen LogP contribution in [0.3, 0.4) is 0 Å². The van der Waals surface area contributed by atoms with Crippen LogP contribution in [0.4, 0.5) is 0 Å². The zero-order valence-corrected chi connectivity index (χ0v) is 8.04. The number of fused-ring (bicyclic) bond motifs is 1. The molecule has 0 radical (unpaired) electrons. The highest BCUT2D eigenvalue weighted by atomic mass is 35.5. The monoisotopic (exact) mass is 233 g/mol. The van der Waals surface area contributed by atoms with Gasteiger partial charge in [-0.15, -0.1) is 0 Å². The van der Waals surface area contributed by atoms with Gasteiger partial charge in [0.15, 0.2) is 11.0 Å². The van der Waals surface area contributed by atoms with Gasteiger partial charge in [-0.1, -0.05) is 11.6 Å². The number of rotatable bonds is 1. The summed E-state index contributed by atoms with van der Waals surface area (Å²) >= 11 is 5.66. The molecular weight excluding hydrogens is 232 g/mol. The van der Waals surface area contributed by atoms with E-state index < -0.39 is 15.0 Å². The Kier molecular flexibility index (Phi) is 1.95. The minimum absolute atomic E-state index is 0.0589. The van der Waals surface area contributed by atoms with E-state index in [0.717, 1.165) is 6.07 Å². The van der Waals surface area contributed by atoms with E-state index >= 15 is 0 Å². The van der Waals surface area contributed by atoms with Crippen LogP contribution >= 0.6 is 11.6 Å². The van der Waals surface area contributed by atoms with E-state index in [-0.39, 0.29) is 16.1 Å². The van der Waals surface area contributed by atoms with Gasteiger partial charge in [0.05, 0.1) is 9.92 Å². The van der Waals surface area contributed by atoms with Gasteiger partial charge in [-0.25, -0.2) is 13.0 Å². The maximum absolute atomic E-state index is 10.7. The van der Waals surface area contributed by atoms with Crippen LogP contribution in [0.2, 0.25) is 5.02 Å². The van der Waals surface area contributed by atoms with Crippen molar-refractivity contribution in [3.63, 3.8) is 0 Å². The lowest BCUT2D eigenvalue weighted by Gasteiger charge is -2.05. The summed E-state index contributed by atoms with van der Waals surface area (Å²) < 4.78 is 36.5. The highest BCUT2D eigenvalue weighted by molar-refractivity contribution is 7.86. The van der Waals surface area contributed by atoms with Crippen molar-refractivity contribution < 1.29 is 17.6 Å². The van der Waals surface area contributed by atoms with Crippen LogP contribution in [0.5, 0.6) is 0 Å². The van der Waals surface area contributed by atoms with Gasteiger partial charge in [-0.3, -0.25) is 0 Å². The first-order valence-electron chi connectivity index (χ1n) is 3.37. The normalized spacial score (nSPS) is 12.1. The topological polar surface area (TPSA) is 96.1 Å². The molecule has 0 saturated carbocycles. The molecule has 0 aliphatic carbocycles. The molecule has 1 aromatic carbocycles. The van der Waals surface area contributed by atoms with Crippen LogP contribution in [0, 0.1) is 0 Å². The Balaban J connectivity index is 2.93. The van der Waals surface area contributed by atoms with Crippen molar-refractivity contribution in [3.05, 3.63) is 17.2 Å². The molecule has 0 atom stereocenters. The molecule has 14 heavy (non-hydrogen) atoms.